The number of hydrazone groups is 1. The summed E-state index contributed by atoms with van der Waals surface area (Å²) in [4.78, 5) is 29.2. The maximum Gasteiger partial charge on any atom is 0.343 e. The summed E-state index contributed by atoms with van der Waals surface area (Å²) in [6.07, 6.45) is 1.44. The van der Waals surface area contributed by atoms with Gasteiger partial charge in [0.05, 0.1) is 18.9 Å². The third-order valence-electron chi connectivity index (χ3n) is 6.11. The van der Waals surface area contributed by atoms with Crippen LogP contribution in [0.5, 0.6) is 11.5 Å². The van der Waals surface area contributed by atoms with Gasteiger partial charge in [0.2, 0.25) is 0 Å². The first-order valence-electron chi connectivity index (χ1n) is 12.1. The Labute approximate surface area is 233 Å². The molecule has 7 nitrogen and oxygen atoms in total. The molecule has 39 heavy (non-hydrogen) atoms. The molecule has 5 rings (SSSR count). The third-order valence-corrected chi connectivity index (χ3v) is 6.61. The number of esters is 1. The lowest BCUT2D eigenvalue weighted by Crippen LogP contribution is -2.19. The molecule has 0 aliphatic rings. The van der Waals surface area contributed by atoms with Gasteiger partial charge in [-0.1, -0.05) is 57.9 Å². The molecule has 0 unspecified atom stereocenters. The van der Waals surface area contributed by atoms with Gasteiger partial charge in [-0.3, -0.25) is 4.79 Å². The van der Waals surface area contributed by atoms with Crippen LogP contribution in [0.1, 0.15) is 32.0 Å². The molecule has 0 bridgehead atoms. The number of rotatable bonds is 7. The summed E-state index contributed by atoms with van der Waals surface area (Å²) < 4.78 is 11.5. The van der Waals surface area contributed by atoms with Gasteiger partial charge in [0.25, 0.3) is 5.91 Å². The van der Waals surface area contributed by atoms with Gasteiger partial charge in [-0.05, 0) is 67.1 Å². The number of hydrogen-bond donors (Lipinski definition) is 2. The molecule has 0 fully saturated rings. The Morgan fingerprint density at radius 1 is 0.949 bits per heavy atom. The fourth-order valence-corrected chi connectivity index (χ4v) is 4.57. The van der Waals surface area contributed by atoms with E-state index in [1.807, 2.05) is 49.4 Å². The number of H-pyrrole nitrogens is 1. The van der Waals surface area contributed by atoms with Gasteiger partial charge < -0.3 is 14.5 Å². The minimum Gasteiger partial charge on any atom is -0.497 e. The second-order valence-electron chi connectivity index (χ2n) is 8.79. The van der Waals surface area contributed by atoms with Gasteiger partial charge in [0, 0.05) is 26.5 Å². The molecular formula is C31H24BrN3O4. The number of ether oxygens (including phenoxy) is 2. The molecule has 0 spiro atoms. The lowest BCUT2D eigenvalue weighted by molar-refractivity contribution is 0.0734. The Kier molecular flexibility index (Phi) is 7.56. The van der Waals surface area contributed by atoms with Crippen LogP contribution in [0.3, 0.4) is 0 Å². The van der Waals surface area contributed by atoms with E-state index in [-0.39, 0.29) is 0 Å². The van der Waals surface area contributed by atoms with Gasteiger partial charge in [-0.15, -0.1) is 0 Å². The Morgan fingerprint density at radius 3 is 2.46 bits per heavy atom. The first kappa shape index (κ1) is 25.9. The number of benzene rings is 4. The molecule has 4 aromatic carbocycles. The van der Waals surface area contributed by atoms with Crippen LogP contribution in [-0.2, 0) is 0 Å². The van der Waals surface area contributed by atoms with Gasteiger partial charge in [-0.25, -0.2) is 10.2 Å². The van der Waals surface area contributed by atoms with Crippen LogP contribution >= 0.6 is 15.9 Å². The predicted molar refractivity (Wildman–Crippen MR) is 156 cm³/mol. The zero-order valence-corrected chi connectivity index (χ0v) is 22.8. The average Bonchev–Trinajstić information content (AvgIpc) is 3.33. The molecule has 5 aromatic rings. The van der Waals surface area contributed by atoms with Crippen LogP contribution in [0.2, 0.25) is 0 Å². The van der Waals surface area contributed by atoms with Crippen LogP contribution in [0.15, 0.2) is 101 Å². The van der Waals surface area contributed by atoms with Crippen LogP contribution < -0.4 is 14.9 Å². The van der Waals surface area contributed by atoms with E-state index in [1.54, 1.807) is 49.6 Å². The van der Waals surface area contributed by atoms with Gasteiger partial charge >= 0.3 is 5.97 Å². The standard InChI is InChI=1S/C31H24BrN3O4/c1-19-8-14-26-25(16-19)28(20-6-4-3-5-7-20)29(34-26)30(36)35-33-18-22-17-23(32)11-15-27(22)39-31(37)21-9-12-24(38-2)13-10-21/h3-18,34H,1-2H3,(H,35,36). The number of halogens is 1. The van der Waals surface area contributed by atoms with E-state index in [2.05, 4.69) is 37.5 Å². The summed E-state index contributed by atoms with van der Waals surface area (Å²) in [6, 6.07) is 27.5. The average molecular weight is 582 g/mol. The molecule has 0 saturated carbocycles. The van der Waals surface area contributed by atoms with Crippen molar-refractivity contribution in [3.05, 3.63) is 118 Å². The molecule has 1 aromatic heterocycles. The SMILES string of the molecule is COc1ccc(C(=O)Oc2ccc(Br)cc2C=NNC(=O)c2[nH]c3ccc(C)cc3c2-c2ccccc2)cc1. The molecule has 1 amide bonds. The van der Waals surface area contributed by atoms with Crippen LogP contribution in [-0.4, -0.2) is 30.2 Å². The third kappa shape index (κ3) is 5.76. The summed E-state index contributed by atoms with van der Waals surface area (Å²) in [5.74, 6) is 0.00705. The van der Waals surface area contributed by atoms with Crippen molar-refractivity contribution in [2.45, 2.75) is 6.92 Å². The van der Waals surface area contributed by atoms with E-state index in [9.17, 15) is 9.59 Å². The van der Waals surface area contributed by atoms with E-state index < -0.39 is 11.9 Å². The maximum atomic E-state index is 13.3. The molecule has 1 heterocycles. The Morgan fingerprint density at radius 2 is 1.72 bits per heavy atom. The number of carbonyl (C=O) groups is 2. The van der Waals surface area contributed by atoms with Crippen molar-refractivity contribution in [1.29, 1.82) is 0 Å². The number of hydrogen-bond acceptors (Lipinski definition) is 5. The van der Waals surface area contributed by atoms with Crippen LogP contribution in [0.25, 0.3) is 22.0 Å². The first-order valence-corrected chi connectivity index (χ1v) is 12.9. The summed E-state index contributed by atoms with van der Waals surface area (Å²) in [7, 11) is 1.56. The van der Waals surface area contributed by atoms with Crippen LogP contribution in [0, 0.1) is 6.92 Å². The second-order valence-corrected chi connectivity index (χ2v) is 9.71. The monoisotopic (exact) mass is 581 g/mol. The second kappa shape index (κ2) is 11.4. The van der Waals surface area contributed by atoms with Crippen molar-refractivity contribution in [3.63, 3.8) is 0 Å². The smallest absolute Gasteiger partial charge is 0.343 e. The molecule has 2 N–H and O–H groups in total. The molecule has 8 heteroatoms. The van der Waals surface area contributed by atoms with E-state index in [4.69, 9.17) is 9.47 Å². The highest BCUT2D eigenvalue weighted by Gasteiger charge is 2.19. The summed E-state index contributed by atoms with van der Waals surface area (Å²) in [5, 5.41) is 5.13. The van der Waals surface area contributed by atoms with Crippen molar-refractivity contribution < 1.29 is 19.1 Å². The summed E-state index contributed by atoms with van der Waals surface area (Å²) in [5.41, 5.74) is 7.56. The number of aromatic nitrogens is 1. The number of aryl methyl sites for hydroxylation is 1. The van der Waals surface area contributed by atoms with E-state index in [0.29, 0.717) is 28.3 Å². The minimum atomic E-state index is -0.528. The number of fused-ring (bicyclic) bond motifs is 1. The first-order chi connectivity index (χ1) is 18.9. The minimum absolute atomic E-state index is 0.295. The largest absolute Gasteiger partial charge is 0.497 e. The molecular weight excluding hydrogens is 558 g/mol. The zero-order chi connectivity index (χ0) is 27.4. The van der Waals surface area contributed by atoms with Crippen molar-refractivity contribution in [2.75, 3.05) is 7.11 Å². The fourth-order valence-electron chi connectivity index (χ4n) is 4.20. The zero-order valence-electron chi connectivity index (χ0n) is 21.2. The van der Waals surface area contributed by atoms with Crippen molar-refractivity contribution >= 4 is 44.9 Å². The molecule has 0 atom stereocenters. The number of nitrogens with zero attached hydrogens (tertiary/aromatic N) is 1. The number of amides is 1. The normalized spacial score (nSPS) is 11.1. The quantitative estimate of drug-likeness (QED) is 0.0946. The Hall–Kier alpha value is -4.69. The van der Waals surface area contributed by atoms with Crippen LogP contribution in [0.4, 0.5) is 0 Å². The van der Waals surface area contributed by atoms with Gasteiger partial charge in [0.15, 0.2) is 0 Å². The molecule has 0 aliphatic heterocycles. The predicted octanol–water partition coefficient (Wildman–Crippen LogP) is 6.90. The topological polar surface area (TPSA) is 92.8 Å². The van der Waals surface area contributed by atoms with Gasteiger partial charge in [0.1, 0.15) is 17.2 Å². The van der Waals surface area contributed by atoms with Crippen molar-refractivity contribution in [3.8, 4) is 22.6 Å². The summed E-state index contributed by atoms with van der Waals surface area (Å²) in [6.45, 7) is 2.02. The maximum absolute atomic E-state index is 13.3. The molecule has 0 radical (unpaired) electrons. The van der Waals surface area contributed by atoms with E-state index in [1.165, 1.54) is 6.21 Å². The fraction of sp³-hybridized carbons (Fsp3) is 0.0645. The Balaban J connectivity index is 1.39. The van der Waals surface area contributed by atoms with E-state index >= 15 is 0 Å². The number of aromatic amines is 1. The number of carbonyl (C=O) groups excluding carboxylic acids is 2. The molecule has 0 aliphatic carbocycles. The summed E-state index contributed by atoms with van der Waals surface area (Å²) >= 11 is 3.43. The van der Waals surface area contributed by atoms with E-state index in [0.717, 1.165) is 32.1 Å². The van der Waals surface area contributed by atoms with Gasteiger partial charge in [-0.2, -0.15) is 5.10 Å². The Bertz CT molecular complexity index is 1690. The lowest BCUT2D eigenvalue weighted by atomic mass is 10.0. The number of nitrogens with one attached hydrogen (secondary N) is 2. The molecule has 0 saturated heterocycles. The number of methoxy groups -OCH3 is 1. The highest BCUT2D eigenvalue weighted by Crippen LogP contribution is 2.33. The highest BCUT2D eigenvalue weighted by atomic mass is 79.9. The molecule has 194 valence electrons. The lowest BCUT2D eigenvalue weighted by Gasteiger charge is -2.09. The van der Waals surface area contributed by atoms with Crippen molar-refractivity contribution in [2.24, 2.45) is 5.10 Å². The highest BCUT2D eigenvalue weighted by molar-refractivity contribution is 9.10. The van der Waals surface area contributed by atoms with Crippen molar-refractivity contribution in [1.82, 2.24) is 10.4 Å².